The molecule has 7 nitrogen and oxygen atoms in total. The molecule has 1 saturated heterocycles. The molecule has 2 heterocycles. The first-order valence-electron chi connectivity index (χ1n) is 4.49. The van der Waals surface area contributed by atoms with E-state index >= 15 is 0 Å². The van der Waals surface area contributed by atoms with Crippen molar-refractivity contribution in [2.24, 2.45) is 0 Å². The third kappa shape index (κ3) is 1.56. The van der Waals surface area contributed by atoms with Crippen LogP contribution in [-0.4, -0.2) is 50.5 Å². The number of carboxylic acid groups (broad SMARTS) is 1. The Morgan fingerprint density at radius 1 is 1.67 bits per heavy atom. The zero-order valence-electron chi connectivity index (χ0n) is 8.12. The Bertz CT molecular complexity index is 414. The number of hydrogen-bond donors (Lipinski definition) is 1. The van der Waals surface area contributed by atoms with Gasteiger partial charge in [-0.3, -0.25) is 4.79 Å². The first-order chi connectivity index (χ1) is 7.09. The van der Waals surface area contributed by atoms with Gasteiger partial charge in [0.15, 0.2) is 5.69 Å². The molecule has 0 radical (unpaired) electrons. The maximum atomic E-state index is 11.6. The van der Waals surface area contributed by atoms with E-state index in [9.17, 15) is 9.59 Å². The van der Waals surface area contributed by atoms with E-state index in [1.54, 1.807) is 11.9 Å². The van der Waals surface area contributed by atoms with E-state index in [0.29, 0.717) is 13.0 Å². The van der Waals surface area contributed by atoms with Crippen LogP contribution in [-0.2, 0) is 4.79 Å². The van der Waals surface area contributed by atoms with Crippen molar-refractivity contribution in [1.29, 1.82) is 0 Å². The molecule has 0 aliphatic carbocycles. The van der Waals surface area contributed by atoms with Crippen LogP contribution in [0.3, 0.4) is 0 Å². The number of carbonyl (C=O) groups excluding carboxylic acids is 1. The van der Waals surface area contributed by atoms with Gasteiger partial charge in [0.1, 0.15) is 6.04 Å². The molecule has 1 aliphatic rings. The molecule has 2 rings (SSSR count). The Labute approximate surface area is 85.3 Å². The maximum absolute atomic E-state index is 11.6. The molecule has 1 N–H and O–H groups in total. The highest BCUT2D eigenvalue weighted by Gasteiger charge is 2.31. The molecule has 1 atom stereocenters. The molecule has 1 aromatic rings. The molecule has 7 heteroatoms. The van der Waals surface area contributed by atoms with Gasteiger partial charge in [-0.05, 0) is 6.42 Å². The minimum absolute atomic E-state index is 0.0585. The number of nitrogens with zero attached hydrogens (tertiary/aromatic N) is 4. The normalized spacial score (nSPS) is 21.0. The first kappa shape index (κ1) is 9.63. The van der Waals surface area contributed by atoms with E-state index in [0.717, 1.165) is 0 Å². The Morgan fingerprint density at radius 2 is 2.40 bits per heavy atom. The number of likely N-dealkylation sites (N-methyl/N-ethyl adjacent to an activating group) is 1. The number of amides is 1. The van der Waals surface area contributed by atoms with Crippen molar-refractivity contribution in [1.82, 2.24) is 19.9 Å². The summed E-state index contributed by atoms with van der Waals surface area (Å²) in [6.45, 7) is 0.658. The first-order valence-corrected chi connectivity index (χ1v) is 4.49. The third-order valence-electron chi connectivity index (χ3n) is 2.45. The molecule has 1 unspecified atom stereocenters. The largest absolute Gasteiger partial charge is 0.476 e. The maximum Gasteiger partial charge on any atom is 0.358 e. The van der Waals surface area contributed by atoms with E-state index in [1.165, 1.54) is 10.9 Å². The van der Waals surface area contributed by atoms with Crippen LogP contribution in [0.4, 0.5) is 0 Å². The lowest BCUT2D eigenvalue weighted by molar-refractivity contribution is -0.129. The summed E-state index contributed by atoms with van der Waals surface area (Å²) in [6.07, 6.45) is 1.92. The van der Waals surface area contributed by atoms with Crippen molar-refractivity contribution < 1.29 is 14.7 Å². The van der Waals surface area contributed by atoms with E-state index in [1.807, 2.05) is 0 Å². The second-order valence-corrected chi connectivity index (χ2v) is 3.45. The van der Waals surface area contributed by atoms with Crippen molar-refractivity contribution >= 4 is 11.9 Å². The molecule has 0 saturated carbocycles. The van der Waals surface area contributed by atoms with Gasteiger partial charge in [0.25, 0.3) is 0 Å². The Kier molecular flexibility index (Phi) is 2.14. The van der Waals surface area contributed by atoms with Gasteiger partial charge in [0.2, 0.25) is 5.91 Å². The van der Waals surface area contributed by atoms with Gasteiger partial charge < -0.3 is 10.0 Å². The Hall–Kier alpha value is -1.92. The predicted octanol–water partition coefficient (Wildman–Crippen LogP) is -0.621. The number of hydrogen-bond acceptors (Lipinski definition) is 4. The summed E-state index contributed by atoms with van der Waals surface area (Å²) in [5.74, 6) is -1.20. The average molecular weight is 210 g/mol. The SMILES string of the molecule is CN1CCC(n2cc(C(=O)O)nn2)C1=O. The number of aromatic nitrogens is 3. The molecule has 15 heavy (non-hydrogen) atoms. The second kappa shape index (κ2) is 3.34. The molecule has 1 fully saturated rings. The minimum Gasteiger partial charge on any atom is -0.476 e. The number of carbonyl (C=O) groups is 2. The number of aromatic carboxylic acids is 1. The zero-order chi connectivity index (χ0) is 11.0. The van der Waals surface area contributed by atoms with Gasteiger partial charge >= 0.3 is 5.97 Å². The van der Waals surface area contributed by atoms with Crippen LogP contribution in [0, 0.1) is 0 Å². The van der Waals surface area contributed by atoms with Crippen molar-refractivity contribution in [3.63, 3.8) is 0 Å². The summed E-state index contributed by atoms with van der Waals surface area (Å²) in [5.41, 5.74) is -0.141. The summed E-state index contributed by atoms with van der Waals surface area (Å²) < 4.78 is 1.31. The molecule has 1 aromatic heterocycles. The number of carboxylic acids is 1. The summed E-state index contributed by atoms with van der Waals surface area (Å²) in [5, 5.41) is 15.8. The highest BCUT2D eigenvalue weighted by molar-refractivity contribution is 5.85. The molecule has 0 spiro atoms. The highest BCUT2D eigenvalue weighted by atomic mass is 16.4. The lowest BCUT2D eigenvalue weighted by Gasteiger charge is -2.09. The number of rotatable bonds is 2. The van der Waals surface area contributed by atoms with Gasteiger partial charge in [0.05, 0.1) is 6.20 Å². The summed E-state index contributed by atoms with van der Waals surface area (Å²) in [6, 6.07) is -0.407. The van der Waals surface area contributed by atoms with Gasteiger partial charge in [-0.15, -0.1) is 5.10 Å². The minimum atomic E-state index is -1.14. The second-order valence-electron chi connectivity index (χ2n) is 3.45. The van der Waals surface area contributed by atoms with Gasteiger partial charge in [-0.25, -0.2) is 9.48 Å². The van der Waals surface area contributed by atoms with E-state index < -0.39 is 12.0 Å². The monoisotopic (exact) mass is 210 g/mol. The molecule has 80 valence electrons. The van der Waals surface area contributed by atoms with Gasteiger partial charge in [-0.1, -0.05) is 5.21 Å². The van der Waals surface area contributed by atoms with Crippen LogP contribution < -0.4 is 0 Å². The molecule has 1 amide bonds. The summed E-state index contributed by atoms with van der Waals surface area (Å²) in [7, 11) is 1.71. The fourth-order valence-electron chi connectivity index (χ4n) is 1.58. The van der Waals surface area contributed by atoms with E-state index in [-0.39, 0.29) is 11.6 Å². The highest BCUT2D eigenvalue weighted by Crippen LogP contribution is 2.20. The molecule has 1 aliphatic heterocycles. The topological polar surface area (TPSA) is 88.3 Å². The lowest BCUT2D eigenvalue weighted by Crippen LogP contribution is -2.24. The van der Waals surface area contributed by atoms with Crippen LogP contribution >= 0.6 is 0 Å². The summed E-state index contributed by atoms with van der Waals surface area (Å²) in [4.78, 5) is 23.7. The molecule has 0 bridgehead atoms. The quantitative estimate of drug-likeness (QED) is 0.702. The lowest BCUT2D eigenvalue weighted by atomic mass is 10.2. The predicted molar refractivity (Wildman–Crippen MR) is 48.3 cm³/mol. The van der Waals surface area contributed by atoms with Crippen molar-refractivity contribution in [3.8, 4) is 0 Å². The summed E-state index contributed by atoms with van der Waals surface area (Å²) >= 11 is 0. The van der Waals surface area contributed by atoms with E-state index in [2.05, 4.69) is 10.3 Å². The van der Waals surface area contributed by atoms with Crippen LogP contribution in [0.2, 0.25) is 0 Å². The van der Waals surface area contributed by atoms with Crippen molar-refractivity contribution in [2.45, 2.75) is 12.5 Å². The fourth-order valence-corrected chi connectivity index (χ4v) is 1.58. The van der Waals surface area contributed by atoms with Crippen LogP contribution in [0.5, 0.6) is 0 Å². The van der Waals surface area contributed by atoms with Crippen LogP contribution in [0.25, 0.3) is 0 Å². The third-order valence-corrected chi connectivity index (χ3v) is 2.45. The van der Waals surface area contributed by atoms with Crippen molar-refractivity contribution in [2.75, 3.05) is 13.6 Å². The standard InChI is InChI=1S/C8H10N4O3/c1-11-3-2-6(7(11)13)12-4-5(8(14)15)9-10-12/h4,6H,2-3H2,1H3,(H,14,15). The van der Waals surface area contributed by atoms with Crippen molar-refractivity contribution in [3.05, 3.63) is 11.9 Å². The molecule has 0 aromatic carbocycles. The zero-order valence-corrected chi connectivity index (χ0v) is 8.12. The Morgan fingerprint density at radius 3 is 2.87 bits per heavy atom. The van der Waals surface area contributed by atoms with Gasteiger partial charge in [0, 0.05) is 13.6 Å². The van der Waals surface area contributed by atoms with Gasteiger partial charge in [-0.2, -0.15) is 0 Å². The molecular weight excluding hydrogens is 200 g/mol. The fraction of sp³-hybridized carbons (Fsp3) is 0.500. The molecular formula is C8H10N4O3. The van der Waals surface area contributed by atoms with E-state index in [4.69, 9.17) is 5.11 Å². The van der Waals surface area contributed by atoms with Crippen LogP contribution in [0.1, 0.15) is 23.0 Å². The average Bonchev–Trinajstić information content (AvgIpc) is 2.76. The van der Waals surface area contributed by atoms with Crippen LogP contribution in [0.15, 0.2) is 6.20 Å². The Balaban J connectivity index is 2.23. The number of likely N-dealkylation sites (tertiary alicyclic amines) is 1. The smallest absolute Gasteiger partial charge is 0.358 e.